The van der Waals surface area contributed by atoms with Crippen LogP contribution in [-0.4, -0.2) is 46.2 Å². The number of hydrogen-bond donors (Lipinski definition) is 0. The largest absolute Gasteiger partial charge is 0.340 e. The maximum Gasteiger partial charge on any atom is 0.262 e. The maximum absolute atomic E-state index is 12.1. The molecule has 2 amide bonds. The summed E-state index contributed by atoms with van der Waals surface area (Å²) in [7, 11) is 0. The van der Waals surface area contributed by atoms with Crippen molar-refractivity contribution in [3.63, 3.8) is 0 Å². The van der Waals surface area contributed by atoms with Crippen molar-refractivity contribution < 1.29 is 14.1 Å². The third-order valence-electron chi connectivity index (χ3n) is 3.21. The first-order chi connectivity index (χ1) is 9.15. The summed E-state index contributed by atoms with van der Waals surface area (Å²) in [6, 6.07) is 0. The van der Waals surface area contributed by atoms with Crippen molar-refractivity contribution in [3.8, 4) is 0 Å². The Hall–Kier alpha value is -2.31. The van der Waals surface area contributed by atoms with Crippen molar-refractivity contribution in [3.05, 3.63) is 23.9 Å². The maximum atomic E-state index is 12.1. The van der Waals surface area contributed by atoms with Crippen molar-refractivity contribution in [1.29, 1.82) is 0 Å². The lowest BCUT2D eigenvalue weighted by Gasteiger charge is -2.38. The van der Waals surface area contributed by atoms with E-state index in [1.165, 1.54) is 6.21 Å². The van der Waals surface area contributed by atoms with Crippen LogP contribution in [0.1, 0.15) is 17.6 Å². The third-order valence-corrected chi connectivity index (χ3v) is 3.21. The predicted molar refractivity (Wildman–Crippen MR) is 64.5 cm³/mol. The Balaban J connectivity index is 1.61. The van der Waals surface area contributed by atoms with E-state index in [0.29, 0.717) is 24.8 Å². The second-order valence-corrected chi connectivity index (χ2v) is 4.60. The van der Waals surface area contributed by atoms with Gasteiger partial charge in [-0.3, -0.25) is 9.59 Å². The van der Waals surface area contributed by atoms with Crippen LogP contribution in [0.2, 0.25) is 0 Å². The van der Waals surface area contributed by atoms with E-state index in [0.717, 1.165) is 0 Å². The molecule has 1 unspecified atom stereocenters. The predicted octanol–water partition coefficient (Wildman–Crippen LogP) is 0.0872. The molecule has 19 heavy (non-hydrogen) atoms. The number of carbonyl (C=O) groups is 2. The fourth-order valence-electron chi connectivity index (χ4n) is 2.12. The Morgan fingerprint density at radius 1 is 1.47 bits per heavy atom. The van der Waals surface area contributed by atoms with Crippen LogP contribution in [0.3, 0.4) is 0 Å². The highest BCUT2D eigenvalue weighted by molar-refractivity contribution is 6.07. The van der Waals surface area contributed by atoms with Crippen molar-refractivity contribution in [1.82, 2.24) is 15.0 Å². The van der Waals surface area contributed by atoms with Gasteiger partial charge in [-0.05, 0) is 13.0 Å². The Bertz CT molecular complexity index is 584. The number of hydrogen-bond acceptors (Lipinski definition) is 5. The normalized spacial score (nSPS) is 22.7. The molecule has 0 radical (unpaired) electrons. The summed E-state index contributed by atoms with van der Waals surface area (Å²) < 4.78 is 5.06. The summed E-state index contributed by atoms with van der Waals surface area (Å²) in [6.45, 7) is 2.75. The number of dihydropyridines is 1. The molecule has 2 aliphatic heterocycles. The average molecular weight is 260 g/mol. The van der Waals surface area contributed by atoms with Gasteiger partial charge in [0.25, 0.3) is 5.91 Å². The lowest BCUT2D eigenvalue weighted by Crippen LogP contribution is -2.51. The van der Waals surface area contributed by atoms with Crippen molar-refractivity contribution in [2.45, 2.75) is 12.8 Å². The molecule has 2 aliphatic rings. The SMILES string of the molecule is Cc1noc(C2CN(C(=O)C3C=CC=NC3=O)C2)n1. The number of nitrogens with zero attached hydrogens (tertiary/aromatic N) is 4. The highest BCUT2D eigenvalue weighted by Crippen LogP contribution is 2.27. The summed E-state index contributed by atoms with van der Waals surface area (Å²) in [5.41, 5.74) is 0. The molecule has 98 valence electrons. The summed E-state index contributed by atoms with van der Waals surface area (Å²) >= 11 is 0. The average Bonchev–Trinajstić information content (AvgIpc) is 2.74. The van der Waals surface area contributed by atoms with Crippen molar-refractivity contribution >= 4 is 18.0 Å². The highest BCUT2D eigenvalue weighted by Gasteiger charge is 2.39. The van der Waals surface area contributed by atoms with Crippen LogP contribution < -0.4 is 0 Å². The van der Waals surface area contributed by atoms with E-state index in [1.807, 2.05) is 0 Å². The van der Waals surface area contributed by atoms with Crippen molar-refractivity contribution in [2.75, 3.05) is 13.1 Å². The molecule has 0 bridgehead atoms. The van der Waals surface area contributed by atoms with Gasteiger partial charge in [0.15, 0.2) is 5.82 Å². The molecule has 1 fully saturated rings. The van der Waals surface area contributed by atoms with Gasteiger partial charge in [-0.2, -0.15) is 4.98 Å². The van der Waals surface area contributed by atoms with E-state index in [1.54, 1.807) is 24.0 Å². The molecule has 0 aromatic carbocycles. The van der Waals surface area contributed by atoms with E-state index < -0.39 is 11.8 Å². The number of allylic oxidation sites excluding steroid dienone is 1. The number of aromatic nitrogens is 2. The Kier molecular flexibility index (Phi) is 2.73. The van der Waals surface area contributed by atoms with Crippen LogP contribution in [0, 0.1) is 12.8 Å². The zero-order chi connectivity index (χ0) is 13.4. The van der Waals surface area contributed by atoms with Gasteiger partial charge in [0.1, 0.15) is 5.92 Å². The first-order valence-corrected chi connectivity index (χ1v) is 5.99. The molecule has 1 saturated heterocycles. The second-order valence-electron chi connectivity index (χ2n) is 4.60. The van der Waals surface area contributed by atoms with Gasteiger partial charge in [0.2, 0.25) is 11.8 Å². The first-order valence-electron chi connectivity index (χ1n) is 5.99. The van der Waals surface area contributed by atoms with E-state index in [9.17, 15) is 9.59 Å². The molecule has 0 saturated carbocycles. The minimum Gasteiger partial charge on any atom is -0.340 e. The molecule has 0 aliphatic carbocycles. The van der Waals surface area contributed by atoms with Crippen LogP contribution in [0.4, 0.5) is 0 Å². The van der Waals surface area contributed by atoms with Gasteiger partial charge in [-0.25, -0.2) is 4.99 Å². The fraction of sp³-hybridized carbons (Fsp3) is 0.417. The van der Waals surface area contributed by atoms with Gasteiger partial charge < -0.3 is 9.42 Å². The molecule has 3 heterocycles. The molecule has 7 nitrogen and oxygen atoms in total. The minimum atomic E-state index is -0.782. The van der Waals surface area contributed by atoms with Gasteiger partial charge in [0.05, 0.1) is 5.92 Å². The lowest BCUT2D eigenvalue weighted by molar-refractivity contribution is -0.142. The first kappa shape index (κ1) is 11.8. The van der Waals surface area contributed by atoms with Crippen LogP contribution in [0.5, 0.6) is 0 Å². The summed E-state index contributed by atoms with van der Waals surface area (Å²) in [5, 5.41) is 3.72. The molecule has 3 rings (SSSR count). The Morgan fingerprint density at radius 3 is 2.89 bits per heavy atom. The monoisotopic (exact) mass is 260 g/mol. The lowest BCUT2D eigenvalue weighted by atomic mass is 9.96. The zero-order valence-corrected chi connectivity index (χ0v) is 10.3. The van der Waals surface area contributed by atoms with E-state index in [2.05, 4.69) is 15.1 Å². The van der Waals surface area contributed by atoms with Crippen LogP contribution in [0.15, 0.2) is 21.7 Å². The summed E-state index contributed by atoms with van der Waals surface area (Å²) in [6.07, 6.45) is 4.58. The van der Waals surface area contributed by atoms with Crippen molar-refractivity contribution in [2.24, 2.45) is 10.9 Å². The Labute approximate surface area is 109 Å². The number of aliphatic imine (C=N–C) groups is 1. The fourth-order valence-corrected chi connectivity index (χ4v) is 2.12. The Morgan fingerprint density at radius 2 is 2.26 bits per heavy atom. The van der Waals surface area contributed by atoms with Crippen LogP contribution in [-0.2, 0) is 9.59 Å². The smallest absolute Gasteiger partial charge is 0.262 e. The molecule has 1 atom stereocenters. The molecular formula is C12H12N4O3. The molecule has 1 aromatic heterocycles. The quantitative estimate of drug-likeness (QED) is 0.703. The summed E-state index contributed by atoms with van der Waals surface area (Å²) in [4.78, 5) is 32.9. The highest BCUT2D eigenvalue weighted by atomic mass is 16.5. The minimum absolute atomic E-state index is 0.0660. The van der Waals surface area contributed by atoms with Gasteiger partial charge in [-0.15, -0.1) is 0 Å². The third kappa shape index (κ3) is 2.07. The standard InChI is InChI=1S/C12H12N4O3/c1-7-14-11(19-15-7)8-5-16(6-8)12(18)9-3-2-4-13-10(9)17/h2-4,8-9H,5-6H2,1H3. The number of likely N-dealkylation sites (tertiary alicyclic amines) is 1. The van der Waals surface area contributed by atoms with Gasteiger partial charge in [0, 0.05) is 19.3 Å². The molecule has 0 N–H and O–H groups in total. The van der Waals surface area contributed by atoms with Gasteiger partial charge in [-0.1, -0.05) is 11.2 Å². The molecule has 1 aromatic rings. The molecule has 0 spiro atoms. The van der Waals surface area contributed by atoms with E-state index >= 15 is 0 Å². The zero-order valence-electron chi connectivity index (χ0n) is 10.3. The number of carbonyl (C=O) groups excluding carboxylic acids is 2. The van der Waals surface area contributed by atoms with Gasteiger partial charge >= 0.3 is 0 Å². The molecule has 7 heteroatoms. The van der Waals surface area contributed by atoms with Crippen LogP contribution in [0.25, 0.3) is 0 Å². The van der Waals surface area contributed by atoms with E-state index in [4.69, 9.17) is 4.52 Å². The second kappa shape index (κ2) is 4.42. The molecular weight excluding hydrogens is 248 g/mol. The number of amides is 2. The van der Waals surface area contributed by atoms with Crippen LogP contribution >= 0.6 is 0 Å². The summed E-state index contributed by atoms with van der Waals surface area (Å²) in [5.74, 6) is -0.216. The van der Waals surface area contributed by atoms with E-state index in [-0.39, 0.29) is 11.8 Å². The topological polar surface area (TPSA) is 88.7 Å². The number of aryl methyl sites for hydroxylation is 1. The number of rotatable bonds is 2.